The van der Waals surface area contributed by atoms with Crippen LogP contribution in [0.1, 0.15) is 29.8 Å². The highest BCUT2D eigenvalue weighted by molar-refractivity contribution is 5.98. The second kappa shape index (κ2) is 9.37. The van der Waals surface area contributed by atoms with Crippen molar-refractivity contribution in [1.29, 1.82) is 0 Å². The molecule has 0 fully saturated rings. The van der Waals surface area contributed by atoms with Gasteiger partial charge in [-0.3, -0.25) is 9.59 Å². The zero-order valence-electron chi connectivity index (χ0n) is 12.9. The number of carbonyl (C=O) groups excluding carboxylic acids is 2. The van der Waals surface area contributed by atoms with Crippen molar-refractivity contribution in [2.24, 2.45) is 5.92 Å². The molecule has 1 aromatic rings. The third kappa shape index (κ3) is 5.73. The lowest BCUT2D eigenvalue weighted by Crippen LogP contribution is -2.29. The fourth-order valence-electron chi connectivity index (χ4n) is 1.82. The quantitative estimate of drug-likeness (QED) is 0.752. The maximum atomic E-state index is 12.0. The predicted octanol–water partition coefficient (Wildman–Crippen LogP) is 1.96. The Morgan fingerprint density at radius 3 is 2.52 bits per heavy atom. The van der Waals surface area contributed by atoms with Crippen LogP contribution in [0.15, 0.2) is 18.2 Å². The molecule has 0 aromatic heterocycles. The Balaban J connectivity index is 0.00000400. The molecule has 0 bridgehead atoms. The van der Waals surface area contributed by atoms with E-state index in [1.165, 1.54) is 0 Å². The second-order valence-electron chi connectivity index (χ2n) is 4.84. The van der Waals surface area contributed by atoms with Gasteiger partial charge in [0.1, 0.15) is 0 Å². The fourth-order valence-corrected chi connectivity index (χ4v) is 1.82. The number of halogens is 1. The zero-order valence-corrected chi connectivity index (χ0v) is 13.8. The molecule has 0 radical (unpaired) electrons. The van der Waals surface area contributed by atoms with Crippen LogP contribution in [0, 0.1) is 12.8 Å². The maximum absolute atomic E-state index is 12.0. The largest absolute Gasteiger partial charge is 0.352 e. The van der Waals surface area contributed by atoms with E-state index in [0.29, 0.717) is 24.3 Å². The number of hydrogen-bond donors (Lipinski definition) is 3. The van der Waals surface area contributed by atoms with E-state index in [1.54, 1.807) is 12.1 Å². The maximum Gasteiger partial charge on any atom is 0.251 e. The molecule has 0 spiro atoms. The van der Waals surface area contributed by atoms with Gasteiger partial charge in [0.25, 0.3) is 5.91 Å². The van der Waals surface area contributed by atoms with Crippen LogP contribution in [0.2, 0.25) is 0 Å². The van der Waals surface area contributed by atoms with Gasteiger partial charge in [0.05, 0.1) is 0 Å². The number of nitrogens with one attached hydrogen (secondary N) is 3. The normalized spacial score (nSPS) is 11.2. The summed E-state index contributed by atoms with van der Waals surface area (Å²) in [5.74, 6) is -0.325. The average Bonchev–Trinajstić information content (AvgIpc) is 2.41. The number of anilines is 1. The second-order valence-corrected chi connectivity index (χ2v) is 4.84. The standard InChI is InChI=1S/C15H23N3O2.ClH/c1-5-17-15(20)12-7-6-10(2)13(8-12)18-14(19)11(3)9-16-4;/h6-8,11,16H,5,9H2,1-4H3,(H,17,20)(H,18,19);1H. The monoisotopic (exact) mass is 313 g/mol. The van der Waals surface area contributed by atoms with Gasteiger partial charge in [-0.2, -0.15) is 0 Å². The summed E-state index contributed by atoms with van der Waals surface area (Å²) >= 11 is 0. The summed E-state index contributed by atoms with van der Waals surface area (Å²) in [6.45, 7) is 6.82. The first-order valence-electron chi connectivity index (χ1n) is 6.83. The van der Waals surface area contributed by atoms with Gasteiger partial charge in [-0.25, -0.2) is 0 Å². The van der Waals surface area contributed by atoms with Gasteiger partial charge in [-0.05, 0) is 38.6 Å². The van der Waals surface area contributed by atoms with Gasteiger partial charge in [0.15, 0.2) is 0 Å². The van der Waals surface area contributed by atoms with E-state index in [-0.39, 0.29) is 30.1 Å². The minimum atomic E-state index is -0.133. The van der Waals surface area contributed by atoms with E-state index in [1.807, 2.05) is 33.9 Å². The summed E-state index contributed by atoms with van der Waals surface area (Å²) < 4.78 is 0. The molecule has 0 saturated carbocycles. The van der Waals surface area contributed by atoms with E-state index in [9.17, 15) is 9.59 Å². The molecule has 3 N–H and O–H groups in total. The van der Waals surface area contributed by atoms with Gasteiger partial charge < -0.3 is 16.0 Å². The van der Waals surface area contributed by atoms with Crippen molar-refractivity contribution in [3.05, 3.63) is 29.3 Å². The lowest BCUT2D eigenvalue weighted by Gasteiger charge is -2.14. The van der Waals surface area contributed by atoms with Crippen LogP contribution in [-0.2, 0) is 4.79 Å². The highest BCUT2D eigenvalue weighted by Gasteiger charge is 2.14. The number of hydrogen-bond acceptors (Lipinski definition) is 3. The molecule has 118 valence electrons. The number of rotatable bonds is 6. The molecule has 0 aliphatic heterocycles. The minimum Gasteiger partial charge on any atom is -0.352 e. The van der Waals surface area contributed by atoms with Crippen LogP contribution in [0.25, 0.3) is 0 Å². The summed E-state index contributed by atoms with van der Waals surface area (Å²) in [7, 11) is 1.81. The highest BCUT2D eigenvalue weighted by Crippen LogP contribution is 2.17. The van der Waals surface area contributed by atoms with Crippen molar-refractivity contribution in [3.63, 3.8) is 0 Å². The SMILES string of the molecule is CCNC(=O)c1ccc(C)c(NC(=O)C(C)CNC)c1.Cl. The summed E-state index contributed by atoms with van der Waals surface area (Å²) in [6.07, 6.45) is 0. The Hall–Kier alpha value is -1.59. The third-order valence-electron chi connectivity index (χ3n) is 3.05. The Labute approximate surface area is 132 Å². The Kier molecular flexibility index (Phi) is 8.66. The Bertz CT molecular complexity index is 492. The van der Waals surface area contributed by atoms with Crippen molar-refractivity contribution in [3.8, 4) is 0 Å². The van der Waals surface area contributed by atoms with Crippen LogP contribution in [0.5, 0.6) is 0 Å². The Morgan fingerprint density at radius 2 is 1.95 bits per heavy atom. The molecule has 5 nitrogen and oxygen atoms in total. The fraction of sp³-hybridized carbons (Fsp3) is 0.467. The van der Waals surface area contributed by atoms with E-state index in [4.69, 9.17) is 0 Å². The van der Waals surface area contributed by atoms with Crippen molar-refractivity contribution in [2.45, 2.75) is 20.8 Å². The van der Waals surface area contributed by atoms with Crippen molar-refractivity contribution in [2.75, 3.05) is 25.5 Å². The molecule has 0 aliphatic carbocycles. The van der Waals surface area contributed by atoms with Crippen LogP contribution in [-0.4, -0.2) is 32.0 Å². The van der Waals surface area contributed by atoms with E-state index >= 15 is 0 Å². The zero-order chi connectivity index (χ0) is 15.1. The molecule has 6 heteroatoms. The number of benzene rings is 1. The number of carbonyl (C=O) groups is 2. The molecule has 2 amide bonds. The third-order valence-corrected chi connectivity index (χ3v) is 3.05. The molecular weight excluding hydrogens is 290 g/mol. The van der Waals surface area contributed by atoms with Crippen molar-refractivity contribution < 1.29 is 9.59 Å². The molecule has 1 aromatic carbocycles. The molecule has 21 heavy (non-hydrogen) atoms. The molecule has 0 heterocycles. The lowest BCUT2D eigenvalue weighted by molar-refractivity contribution is -0.119. The summed E-state index contributed by atoms with van der Waals surface area (Å²) in [6, 6.07) is 5.31. The Morgan fingerprint density at radius 1 is 1.29 bits per heavy atom. The smallest absolute Gasteiger partial charge is 0.251 e. The van der Waals surface area contributed by atoms with E-state index in [0.717, 1.165) is 5.56 Å². The first-order chi connectivity index (χ1) is 9.49. The van der Waals surface area contributed by atoms with Crippen LogP contribution < -0.4 is 16.0 Å². The average molecular weight is 314 g/mol. The molecule has 1 unspecified atom stereocenters. The van der Waals surface area contributed by atoms with Gasteiger partial charge in [-0.1, -0.05) is 13.0 Å². The van der Waals surface area contributed by atoms with Gasteiger partial charge in [0.2, 0.25) is 5.91 Å². The van der Waals surface area contributed by atoms with Crippen LogP contribution in [0.4, 0.5) is 5.69 Å². The van der Waals surface area contributed by atoms with Crippen LogP contribution >= 0.6 is 12.4 Å². The van der Waals surface area contributed by atoms with E-state index in [2.05, 4.69) is 16.0 Å². The first kappa shape index (κ1) is 19.4. The summed E-state index contributed by atoms with van der Waals surface area (Å²) in [5, 5.41) is 8.59. The van der Waals surface area contributed by atoms with Crippen molar-refractivity contribution in [1.82, 2.24) is 10.6 Å². The van der Waals surface area contributed by atoms with Gasteiger partial charge in [0, 0.05) is 30.3 Å². The number of amides is 2. The summed E-state index contributed by atoms with van der Waals surface area (Å²) in [4.78, 5) is 23.8. The first-order valence-corrected chi connectivity index (χ1v) is 6.83. The summed E-state index contributed by atoms with van der Waals surface area (Å²) in [5.41, 5.74) is 2.17. The molecular formula is C15H24ClN3O2. The molecule has 1 rings (SSSR count). The topological polar surface area (TPSA) is 70.2 Å². The van der Waals surface area contributed by atoms with E-state index < -0.39 is 0 Å². The van der Waals surface area contributed by atoms with Gasteiger partial charge >= 0.3 is 0 Å². The predicted molar refractivity (Wildman–Crippen MR) is 88.2 cm³/mol. The number of aryl methyl sites for hydroxylation is 1. The van der Waals surface area contributed by atoms with Crippen molar-refractivity contribution >= 4 is 29.9 Å². The molecule has 1 atom stereocenters. The lowest BCUT2D eigenvalue weighted by atomic mass is 10.1. The van der Waals surface area contributed by atoms with Crippen LogP contribution in [0.3, 0.4) is 0 Å². The minimum absolute atomic E-state index is 0. The molecule has 0 aliphatic rings. The highest BCUT2D eigenvalue weighted by atomic mass is 35.5. The molecule has 0 saturated heterocycles. The van der Waals surface area contributed by atoms with Gasteiger partial charge in [-0.15, -0.1) is 12.4 Å².